The summed E-state index contributed by atoms with van der Waals surface area (Å²) in [6.45, 7) is 3.36. The van der Waals surface area contributed by atoms with E-state index < -0.39 is 0 Å². The third kappa shape index (κ3) is 5.95. The van der Waals surface area contributed by atoms with Crippen molar-refractivity contribution in [2.24, 2.45) is 13.0 Å². The molecular weight excluding hydrogens is 449 g/mol. The third-order valence-corrected chi connectivity index (χ3v) is 7.52. The van der Waals surface area contributed by atoms with E-state index >= 15 is 0 Å². The smallest absolute Gasteiger partial charge is 0.257 e. The van der Waals surface area contributed by atoms with E-state index in [1.807, 2.05) is 17.9 Å². The number of carbonyl (C=O) groups excluding carboxylic acids is 1. The minimum absolute atomic E-state index is 0.0884. The molecule has 0 spiro atoms. The van der Waals surface area contributed by atoms with E-state index in [9.17, 15) is 14.0 Å². The van der Waals surface area contributed by atoms with Gasteiger partial charge in [-0.15, -0.1) is 0 Å². The van der Waals surface area contributed by atoms with Crippen LogP contribution in [-0.2, 0) is 24.7 Å². The van der Waals surface area contributed by atoms with Gasteiger partial charge in [-0.05, 0) is 55.4 Å². The van der Waals surface area contributed by atoms with Crippen molar-refractivity contribution < 1.29 is 9.18 Å². The van der Waals surface area contributed by atoms with Crippen LogP contribution in [0.5, 0.6) is 0 Å². The SMILES string of the molecule is Cc1nc(SCC(=O)N2CCC(Cc3ccccc3)CC2)n(C)c(=O)c1Cc1ccc(F)cc1. The molecule has 1 fully saturated rings. The van der Waals surface area contributed by atoms with E-state index in [0.29, 0.717) is 28.8 Å². The van der Waals surface area contributed by atoms with Gasteiger partial charge in [-0.3, -0.25) is 14.2 Å². The number of carbonyl (C=O) groups is 1. The highest BCUT2D eigenvalue weighted by molar-refractivity contribution is 7.99. The van der Waals surface area contributed by atoms with Crippen LogP contribution in [0, 0.1) is 18.7 Å². The van der Waals surface area contributed by atoms with Crippen LogP contribution in [0.25, 0.3) is 0 Å². The van der Waals surface area contributed by atoms with Gasteiger partial charge in [0.15, 0.2) is 5.16 Å². The maximum atomic E-state index is 13.2. The maximum Gasteiger partial charge on any atom is 0.257 e. The van der Waals surface area contributed by atoms with Crippen molar-refractivity contribution in [1.82, 2.24) is 14.5 Å². The first-order valence-corrected chi connectivity index (χ1v) is 12.6. The summed E-state index contributed by atoms with van der Waals surface area (Å²) in [4.78, 5) is 32.3. The standard InChI is InChI=1S/C27H30FN3O2S/c1-19-24(17-21-8-10-23(28)11-9-21)26(33)30(2)27(29-19)34-18-25(32)31-14-12-22(13-15-31)16-20-6-4-3-5-7-20/h3-11,22H,12-18H2,1-2H3. The van der Waals surface area contributed by atoms with Crippen molar-refractivity contribution in [2.45, 2.75) is 37.8 Å². The lowest BCUT2D eigenvalue weighted by molar-refractivity contribution is -0.129. The van der Waals surface area contributed by atoms with Crippen molar-refractivity contribution in [3.8, 4) is 0 Å². The van der Waals surface area contributed by atoms with Gasteiger partial charge in [-0.2, -0.15) is 0 Å². The fourth-order valence-electron chi connectivity index (χ4n) is 4.42. The summed E-state index contributed by atoms with van der Waals surface area (Å²) in [5.41, 5.74) is 3.31. The first-order chi connectivity index (χ1) is 16.4. The number of piperidine rings is 1. The molecule has 34 heavy (non-hydrogen) atoms. The number of aryl methyl sites for hydroxylation is 1. The second-order valence-electron chi connectivity index (χ2n) is 8.93. The second kappa shape index (κ2) is 11.0. The number of hydrogen-bond acceptors (Lipinski definition) is 4. The Morgan fingerprint density at radius 3 is 2.41 bits per heavy atom. The minimum atomic E-state index is -0.302. The Labute approximate surface area is 204 Å². The van der Waals surface area contributed by atoms with E-state index in [4.69, 9.17) is 0 Å². The van der Waals surface area contributed by atoms with Crippen molar-refractivity contribution in [3.05, 3.63) is 93.2 Å². The predicted octanol–water partition coefficient (Wildman–Crippen LogP) is 4.39. The molecule has 0 atom stereocenters. The van der Waals surface area contributed by atoms with E-state index in [2.05, 4.69) is 29.2 Å². The molecule has 4 rings (SSSR count). The Hall–Kier alpha value is -2.93. The predicted molar refractivity (Wildman–Crippen MR) is 134 cm³/mol. The molecule has 0 bridgehead atoms. The molecule has 7 heteroatoms. The number of hydrogen-bond donors (Lipinski definition) is 0. The van der Waals surface area contributed by atoms with E-state index in [1.54, 1.807) is 19.2 Å². The highest BCUT2D eigenvalue weighted by Crippen LogP contribution is 2.23. The average molecular weight is 480 g/mol. The molecule has 1 aliphatic heterocycles. The average Bonchev–Trinajstić information content (AvgIpc) is 2.85. The number of rotatable bonds is 7. The molecular formula is C27H30FN3O2S. The molecule has 5 nitrogen and oxygen atoms in total. The van der Waals surface area contributed by atoms with Gasteiger partial charge in [-0.25, -0.2) is 9.37 Å². The van der Waals surface area contributed by atoms with E-state index in [-0.39, 0.29) is 23.0 Å². The molecule has 0 radical (unpaired) electrons. The lowest BCUT2D eigenvalue weighted by atomic mass is 9.90. The zero-order valence-electron chi connectivity index (χ0n) is 19.7. The van der Waals surface area contributed by atoms with Gasteiger partial charge in [0.05, 0.1) is 5.75 Å². The molecule has 2 aromatic carbocycles. The second-order valence-corrected chi connectivity index (χ2v) is 9.87. The number of thioether (sulfide) groups is 1. The van der Waals surface area contributed by atoms with Gasteiger partial charge >= 0.3 is 0 Å². The van der Waals surface area contributed by atoms with Gasteiger partial charge in [0.25, 0.3) is 5.56 Å². The van der Waals surface area contributed by atoms with E-state index in [1.165, 1.54) is 34.0 Å². The van der Waals surface area contributed by atoms with Crippen LogP contribution in [0.1, 0.15) is 35.2 Å². The maximum absolute atomic E-state index is 13.2. The van der Waals surface area contributed by atoms with Crippen LogP contribution in [0.2, 0.25) is 0 Å². The molecule has 0 unspecified atom stereocenters. The van der Waals surface area contributed by atoms with Crippen molar-refractivity contribution in [2.75, 3.05) is 18.8 Å². The summed E-state index contributed by atoms with van der Waals surface area (Å²) in [6.07, 6.45) is 3.49. The van der Waals surface area contributed by atoms with Crippen LogP contribution in [0.15, 0.2) is 64.5 Å². The summed E-state index contributed by atoms with van der Waals surface area (Å²) >= 11 is 1.31. The topological polar surface area (TPSA) is 55.2 Å². The fourth-order valence-corrected chi connectivity index (χ4v) is 5.33. The van der Waals surface area contributed by atoms with Gasteiger partial charge in [-0.1, -0.05) is 54.2 Å². The molecule has 2 heterocycles. The van der Waals surface area contributed by atoms with E-state index in [0.717, 1.165) is 37.9 Å². The largest absolute Gasteiger partial charge is 0.342 e. The fraction of sp³-hybridized carbons (Fsp3) is 0.370. The normalized spacial score (nSPS) is 14.4. The van der Waals surface area contributed by atoms with Crippen LogP contribution in [-0.4, -0.2) is 39.2 Å². The van der Waals surface area contributed by atoms with Crippen LogP contribution in [0.3, 0.4) is 0 Å². The zero-order chi connectivity index (χ0) is 24.1. The van der Waals surface area contributed by atoms with Crippen LogP contribution >= 0.6 is 11.8 Å². The summed E-state index contributed by atoms with van der Waals surface area (Å²) in [5.74, 6) is 0.659. The van der Waals surface area contributed by atoms with Crippen molar-refractivity contribution >= 4 is 17.7 Å². The first-order valence-electron chi connectivity index (χ1n) is 11.7. The zero-order valence-corrected chi connectivity index (χ0v) is 20.5. The first kappa shape index (κ1) is 24.2. The summed E-state index contributed by atoms with van der Waals surface area (Å²) in [5, 5.41) is 0.540. The summed E-state index contributed by atoms with van der Waals surface area (Å²) in [7, 11) is 1.69. The number of halogens is 1. The quantitative estimate of drug-likeness (QED) is 0.373. The third-order valence-electron chi connectivity index (χ3n) is 6.50. The molecule has 1 amide bonds. The Morgan fingerprint density at radius 2 is 1.74 bits per heavy atom. The summed E-state index contributed by atoms with van der Waals surface area (Å²) < 4.78 is 14.7. The number of likely N-dealkylation sites (tertiary alicyclic amines) is 1. The van der Waals surface area contributed by atoms with Crippen molar-refractivity contribution in [3.63, 3.8) is 0 Å². The van der Waals surface area contributed by atoms with Gasteiger partial charge in [0, 0.05) is 37.8 Å². The number of aromatic nitrogens is 2. The molecule has 178 valence electrons. The molecule has 1 saturated heterocycles. The lowest BCUT2D eigenvalue weighted by Crippen LogP contribution is -2.40. The van der Waals surface area contributed by atoms with Crippen LogP contribution < -0.4 is 5.56 Å². The molecule has 1 aromatic heterocycles. The highest BCUT2D eigenvalue weighted by atomic mass is 32.2. The Morgan fingerprint density at radius 1 is 1.06 bits per heavy atom. The molecule has 3 aromatic rings. The Bertz CT molecular complexity index is 1190. The molecule has 1 aliphatic rings. The Balaban J connectivity index is 1.33. The van der Waals surface area contributed by atoms with Crippen molar-refractivity contribution in [1.29, 1.82) is 0 Å². The number of nitrogens with zero attached hydrogens (tertiary/aromatic N) is 3. The Kier molecular flexibility index (Phi) is 7.83. The highest BCUT2D eigenvalue weighted by Gasteiger charge is 2.23. The minimum Gasteiger partial charge on any atom is -0.342 e. The number of amides is 1. The number of benzene rings is 2. The monoisotopic (exact) mass is 479 g/mol. The molecule has 0 aliphatic carbocycles. The van der Waals surface area contributed by atoms with Gasteiger partial charge < -0.3 is 4.90 Å². The lowest BCUT2D eigenvalue weighted by Gasteiger charge is -2.32. The summed E-state index contributed by atoms with van der Waals surface area (Å²) in [6, 6.07) is 16.7. The molecule has 0 N–H and O–H groups in total. The van der Waals surface area contributed by atoms with Gasteiger partial charge in [0.1, 0.15) is 5.82 Å². The molecule has 0 saturated carbocycles. The van der Waals surface area contributed by atoms with Crippen LogP contribution in [0.4, 0.5) is 4.39 Å². The van der Waals surface area contributed by atoms with Gasteiger partial charge in [0.2, 0.25) is 5.91 Å².